The van der Waals surface area contributed by atoms with Crippen molar-refractivity contribution in [2.24, 2.45) is 5.92 Å². The summed E-state index contributed by atoms with van der Waals surface area (Å²) in [5.74, 6) is -1.04. The van der Waals surface area contributed by atoms with Gasteiger partial charge in [-0.1, -0.05) is 41.4 Å². The first kappa shape index (κ1) is 19.6. The molecule has 4 rings (SSSR count). The number of carbonyl (C=O) groups excluding carboxylic acids is 2. The van der Waals surface area contributed by atoms with Gasteiger partial charge in [0.15, 0.2) is 0 Å². The van der Waals surface area contributed by atoms with Gasteiger partial charge in [-0.2, -0.15) is 0 Å². The van der Waals surface area contributed by atoms with Crippen LogP contribution in [-0.4, -0.2) is 16.9 Å². The van der Waals surface area contributed by atoms with Crippen molar-refractivity contribution < 1.29 is 14.3 Å². The van der Waals surface area contributed by atoms with Crippen LogP contribution in [0, 0.1) is 12.8 Å². The smallest absolute Gasteiger partial charge is 0.312 e. The summed E-state index contributed by atoms with van der Waals surface area (Å²) in [7, 11) is 0. The summed E-state index contributed by atoms with van der Waals surface area (Å²) in [5.41, 5.74) is 2.65. The number of hydrogen-bond acceptors (Lipinski definition) is 5. The van der Waals surface area contributed by atoms with Crippen LogP contribution in [0.2, 0.25) is 5.15 Å². The fraction of sp³-hybridized carbons (Fsp3) is 0.227. The fourth-order valence-corrected chi connectivity index (χ4v) is 4.49. The Morgan fingerprint density at radius 3 is 2.69 bits per heavy atom. The quantitative estimate of drug-likeness (QED) is 0.428. The Hall–Kier alpha value is -2.70. The van der Waals surface area contributed by atoms with Crippen molar-refractivity contribution in [3.8, 4) is 0 Å². The second kappa shape index (κ2) is 8.35. The molecule has 1 aromatic carbocycles. The van der Waals surface area contributed by atoms with E-state index in [-0.39, 0.29) is 30.9 Å². The Morgan fingerprint density at radius 2 is 2.03 bits per heavy atom. The third-order valence-electron chi connectivity index (χ3n) is 4.94. The first-order valence-electron chi connectivity index (χ1n) is 9.22. The molecule has 5 nitrogen and oxygen atoms in total. The topological polar surface area (TPSA) is 59.5 Å². The van der Waals surface area contributed by atoms with Crippen molar-refractivity contribution >= 4 is 40.5 Å². The molecular formula is C22H19ClN2O3S. The summed E-state index contributed by atoms with van der Waals surface area (Å²) in [6.45, 7) is 2.09. The number of amides is 1. The average Bonchev–Trinajstić information content (AvgIpc) is 3.36. The summed E-state index contributed by atoms with van der Waals surface area (Å²) in [6.07, 6.45) is 1.69. The van der Waals surface area contributed by atoms with Gasteiger partial charge in [-0.05, 0) is 36.6 Å². The normalized spacial score (nSPS) is 18.8. The molecule has 7 heteroatoms. The van der Waals surface area contributed by atoms with E-state index in [9.17, 15) is 9.59 Å². The van der Waals surface area contributed by atoms with E-state index < -0.39 is 5.92 Å². The van der Waals surface area contributed by atoms with E-state index in [1.54, 1.807) is 23.2 Å². The Kier molecular flexibility index (Phi) is 5.65. The van der Waals surface area contributed by atoms with Crippen LogP contribution in [0.5, 0.6) is 0 Å². The van der Waals surface area contributed by atoms with Crippen LogP contribution in [0.25, 0.3) is 0 Å². The Balaban J connectivity index is 1.58. The molecule has 3 heterocycles. The maximum atomic E-state index is 12.9. The third-order valence-corrected chi connectivity index (χ3v) is 6.11. The van der Waals surface area contributed by atoms with Crippen LogP contribution < -0.4 is 4.90 Å². The number of nitrogens with zero attached hydrogens (tertiary/aromatic N) is 2. The van der Waals surface area contributed by atoms with Gasteiger partial charge in [0.1, 0.15) is 11.8 Å². The Morgan fingerprint density at radius 1 is 1.24 bits per heavy atom. The molecule has 2 aromatic heterocycles. The summed E-state index contributed by atoms with van der Waals surface area (Å²) in [5, 5.41) is 2.33. The SMILES string of the molecule is Cc1ccc(N2C(=O)C[C@@H](C(=O)OCc3ccc(Cl)nc3)[C@@H]2c2cccs2)cc1. The van der Waals surface area contributed by atoms with Crippen molar-refractivity contribution in [1.82, 2.24) is 4.98 Å². The summed E-state index contributed by atoms with van der Waals surface area (Å²) in [4.78, 5) is 32.5. The average molecular weight is 427 g/mol. The number of halogens is 1. The highest BCUT2D eigenvalue weighted by Crippen LogP contribution is 2.43. The second-order valence-corrected chi connectivity index (χ2v) is 8.33. The zero-order valence-corrected chi connectivity index (χ0v) is 17.3. The predicted molar refractivity (Wildman–Crippen MR) is 113 cm³/mol. The van der Waals surface area contributed by atoms with Gasteiger partial charge in [-0.3, -0.25) is 9.59 Å². The number of pyridine rings is 1. The van der Waals surface area contributed by atoms with Gasteiger partial charge in [-0.15, -0.1) is 11.3 Å². The monoisotopic (exact) mass is 426 g/mol. The van der Waals surface area contributed by atoms with Gasteiger partial charge in [0.25, 0.3) is 0 Å². The number of rotatable bonds is 5. The van der Waals surface area contributed by atoms with E-state index in [4.69, 9.17) is 16.3 Å². The van der Waals surface area contributed by atoms with Gasteiger partial charge in [0, 0.05) is 28.7 Å². The molecule has 0 N–H and O–H groups in total. The van der Waals surface area contributed by atoms with Gasteiger partial charge in [-0.25, -0.2) is 4.98 Å². The van der Waals surface area contributed by atoms with Crippen molar-refractivity contribution in [3.05, 3.63) is 81.3 Å². The molecule has 0 spiro atoms. The van der Waals surface area contributed by atoms with Gasteiger partial charge in [0.2, 0.25) is 5.91 Å². The fourth-order valence-electron chi connectivity index (χ4n) is 3.49. The molecule has 29 heavy (non-hydrogen) atoms. The van der Waals surface area contributed by atoms with Crippen molar-refractivity contribution in [1.29, 1.82) is 0 Å². The molecule has 2 atom stereocenters. The van der Waals surface area contributed by atoms with Crippen molar-refractivity contribution in [2.45, 2.75) is 26.0 Å². The number of esters is 1. The van der Waals surface area contributed by atoms with E-state index in [1.165, 1.54) is 11.3 Å². The van der Waals surface area contributed by atoms with E-state index in [0.717, 1.165) is 21.7 Å². The number of anilines is 1. The summed E-state index contributed by atoms with van der Waals surface area (Å²) in [6, 6.07) is 14.7. The zero-order chi connectivity index (χ0) is 20.4. The molecule has 148 valence electrons. The lowest BCUT2D eigenvalue weighted by atomic mass is 9.98. The molecule has 1 aliphatic rings. The number of hydrogen-bond donors (Lipinski definition) is 0. The van der Waals surface area contributed by atoms with Gasteiger partial charge >= 0.3 is 5.97 Å². The molecule has 3 aromatic rings. The molecule has 0 radical (unpaired) electrons. The number of carbonyl (C=O) groups is 2. The highest BCUT2D eigenvalue weighted by Gasteiger charge is 2.46. The standard InChI is InChI=1S/C22H19ClN2O3S/c1-14-4-7-16(8-5-14)25-20(26)11-17(21(25)18-3-2-10-29-18)22(27)28-13-15-6-9-19(23)24-12-15/h2-10,12,17,21H,11,13H2,1H3/t17-,21-/m1/s1. The number of benzene rings is 1. The maximum Gasteiger partial charge on any atom is 0.312 e. The van der Waals surface area contributed by atoms with Crippen LogP contribution in [0.3, 0.4) is 0 Å². The largest absolute Gasteiger partial charge is 0.460 e. The molecule has 0 unspecified atom stereocenters. The van der Waals surface area contributed by atoms with E-state index in [0.29, 0.717) is 5.15 Å². The van der Waals surface area contributed by atoms with Gasteiger partial charge < -0.3 is 9.64 Å². The minimum absolute atomic E-state index is 0.0811. The van der Waals surface area contributed by atoms with Crippen LogP contribution >= 0.6 is 22.9 Å². The number of aryl methyl sites for hydroxylation is 1. The number of thiophene rings is 1. The van der Waals surface area contributed by atoms with E-state index in [1.807, 2.05) is 48.7 Å². The maximum absolute atomic E-state index is 12.9. The lowest BCUT2D eigenvalue weighted by Gasteiger charge is -2.27. The minimum atomic E-state index is -0.567. The highest BCUT2D eigenvalue weighted by molar-refractivity contribution is 7.10. The molecular weight excluding hydrogens is 408 g/mol. The van der Waals surface area contributed by atoms with Crippen LogP contribution in [0.4, 0.5) is 5.69 Å². The number of ether oxygens (including phenoxy) is 1. The summed E-state index contributed by atoms with van der Waals surface area (Å²) >= 11 is 7.33. The molecule has 1 aliphatic heterocycles. The summed E-state index contributed by atoms with van der Waals surface area (Å²) < 4.78 is 5.54. The first-order chi connectivity index (χ1) is 14.0. The van der Waals surface area contributed by atoms with Crippen molar-refractivity contribution in [2.75, 3.05) is 4.90 Å². The lowest BCUT2D eigenvalue weighted by Crippen LogP contribution is -2.30. The first-order valence-corrected chi connectivity index (χ1v) is 10.5. The Bertz CT molecular complexity index is 1000. The molecule has 0 bridgehead atoms. The third kappa shape index (κ3) is 4.18. The molecule has 1 saturated heterocycles. The lowest BCUT2D eigenvalue weighted by molar-refractivity contribution is -0.150. The molecule has 1 fully saturated rings. The minimum Gasteiger partial charge on any atom is -0.460 e. The van der Waals surface area contributed by atoms with Crippen LogP contribution in [-0.2, 0) is 20.9 Å². The predicted octanol–water partition coefficient (Wildman–Crippen LogP) is 4.94. The Labute approximate surface area is 177 Å². The second-order valence-electron chi connectivity index (χ2n) is 6.97. The molecule has 0 saturated carbocycles. The number of aromatic nitrogens is 1. The van der Waals surface area contributed by atoms with Crippen LogP contribution in [0.15, 0.2) is 60.1 Å². The highest BCUT2D eigenvalue weighted by atomic mass is 35.5. The molecule has 1 amide bonds. The van der Waals surface area contributed by atoms with Crippen LogP contribution in [0.1, 0.15) is 28.5 Å². The van der Waals surface area contributed by atoms with E-state index >= 15 is 0 Å². The van der Waals surface area contributed by atoms with Crippen molar-refractivity contribution in [3.63, 3.8) is 0 Å². The van der Waals surface area contributed by atoms with Gasteiger partial charge in [0.05, 0.1) is 12.0 Å². The molecule has 0 aliphatic carbocycles. The van der Waals surface area contributed by atoms with E-state index in [2.05, 4.69) is 4.98 Å². The zero-order valence-electron chi connectivity index (χ0n) is 15.7.